The van der Waals surface area contributed by atoms with Crippen LogP contribution in [0.3, 0.4) is 0 Å². The molecule has 0 aliphatic heterocycles. The van der Waals surface area contributed by atoms with Crippen LogP contribution in [0.2, 0.25) is 0 Å². The molecule has 0 saturated heterocycles. The molecule has 1 atom stereocenters. The Hall–Kier alpha value is -3.19. The number of thioether (sulfide) groups is 1. The Kier molecular flexibility index (Phi) is 4.84. The monoisotopic (exact) mass is 375 g/mol. The molecule has 2 N–H and O–H groups in total. The third-order valence-corrected chi connectivity index (χ3v) is 4.98. The number of rotatable bonds is 5. The second kappa shape index (κ2) is 7.59. The molecule has 0 fully saturated rings. The predicted octanol–water partition coefficient (Wildman–Crippen LogP) is 4.06. The Morgan fingerprint density at radius 1 is 1.00 bits per heavy atom. The second-order valence-corrected chi connectivity index (χ2v) is 7.28. The molecule has 0 saturated carbocycles. The number of hydrogen-bond acceptors (Lipinski definition) is 5. The molecule has 7 heteroatoms. The Morgan fingerprint density at radius 3 is 2.63 bits per heavy atom. The molecule has 0 amide bonds. The molecule has 27 heavy (non-hydrogen) atoms. The van der Waals surface area contributed by atoms with Crippen molar-refractivity contribution in [3.05, 3.63) is 82.2 Å². The SMILES string of the molecule is CC(Sc1n[nH]c(/C=C/c2ccccc2)n1)c1nc2ccccc2c(=O)[nH]1. The van der Waals surface area contributed by atoms with Crippen molar-refractivity contribution in [3.8, 4) is 0 Å². The van der Waals surface area contributed by atoms with Crippen LogP contribution in [0.4, 0.5) is 0 Å². The minimum Gasteiger partial charge on any atom is -0.309 e. The van der Waals surface area contributed by atoms with Crippen molar-refractivity contribution in [2.24, 2.45) is 0 Å². The summed E-state index contributed by atoms with van der Waals surface area (Å²) < 4.78 is 0. The Bertz CT molecular complexity index is 1150. The zero-order chi connectivity index (χ0) is 18.6. The van der Waals surface area contributed by atoms with Crippen LogP contribution in [-0.2, 0) is 0 Å². The maximum Gasteiger partial charge on any atom is 0.258 e. The van der Waals surface area contributed by atoms with Crippen LogP contribution in [0.25, 0.3) is 23.1 Å². The molecule has 0 bridgehead atoms. The fourth-order valence-electron chi connectivity index (χ4n) is 2.64. The zero-order valence-electron chi connectivity index (χ0n) is 14.6. The molecule has 0 aliphatic carbocycles. The van der Waals surface area contributed by atoms with E-state index in [-0.39, 0.29) is 10.8 Å². The molecular weight excluding hydrogens is 358 g/mol. The van der Waals surface area contributed by atoms with Crippen molar-refractivity contribution in [1.29, 1.82) is 0 Å². The van der Waals surface area contributed by atoms with Gasteiger partial charge in [0.1, 0.15) is 11.6 Å². The lowest BCUT2D eigenvalue weighted by molar-refractivity contribution is 0.904. The van der Waals surface area contributed by atoms with Crippen molar-refractivity contribution in [2.75, 3.05) is 0 Å². The third kappa shape index (κ3) is 3.98. The number of nitrogens with zero attached hydrogens (tertiary/aromatic N) is 3. The van der Waals surface area contributed by atoms with Gasteiger partial charge in [0.05, 0.1) is 16.2 Å². The lowest BCUT2D eigenvalue weighted by Gasteiger charge is -2.08. The van der Waals surface area contributed by atoms with Crippen LogP contribution < -0.4 is 5.56 Å². The van der Waals surface area contributed by atoms with Gasteiger partial charge in [0.15, 0.2) is 0 Å². The smallest absolute Gasteiger partial charge is 0.258 e. The molecule has 0 radical (unpaired) electrons. The van der Waals surface area contributed by atoms with Gasteiger partial charge < -0.3 is 4.98 Å². The summed E-state index contributed by atoms with van der Waals surface area (Å²) in [5.74, 6) is 1.28. The molecule has 4 rings (SSSR count). The maximum atomic E-state index is 12.2. The van der Waals surface area contributed by atoms with Crippen molar-refractivity contribution >= 4 is 34.8 Å². The average Bonchev–Trinajstić information content (AvgIpc) is 3.14. The topological polar surface area (TPSA) is 87.3 Å². The van der Waals surface area contributed by atoms with E-state index in [0.717, 1.165) is 5.56 Å². The van der Waals surface area contributed by atoms with Gasteiger partial charge in [0.2, 0.25) is 5.16 Å². The van der Waals surface area contributed by atoms with Crippen molar-refractivity contribution in [1.82, 2.24) is 25.1 Å². The van der Waals surface area contributed by atoms with E-state index in [1.54, 1.807) is 6.07 Å². The normalized spacial score (nSPS) is 12.6. The van der Waals surface area contributed by atoms with Gasteiger partial charge in [0.25, 0.3) is 5.56 Å². The number of para-hydroxylation sites is 1. The van der Waals surface area contributed by atoms with E-state index in [1.165, 1.54) is 11.8 Å². The average molecular weight is 375 g/mol. The van der Waals surface area contributed by atoms with Gasteiger partial charge >= 0.3 is 0 Å². The van der Waals surface area contributed by atoms with Crippen LogP contribution >= 0.6 is 11.8 Å². The molecular formula is C20H17N5OS. The highest BCUT2D eigenvalue weighted by atomic mass is 32.2. The van der Waals surface area contributed by atoms with E-state index in [9.17, 15) is 4.79 Å². The number of hydrogen-bond donors (Lipinski definition) is 2. The largest absolute Gasteiger partial charge is 0.309 e. The van der Waals surface area contributed by atoms with Crippen LogP contribution in [0.1, 0.15) is 29.4 Å². The number of H-pyrrole nitrogens is 2. The number of nitrogens with one attached hydrogen (secondary N) is 2. The van der Waals surface area contributed by atoms with E-state index in [1.807, 2.05) is 67.6 Å². The first-order chi connectivity index (χ1) is 13.2. The van der Waals surface area contributed by atoms with Gasteiger partial charge in [-0.25, -0.2) is 9.97 Å². The van der Waals surface area contributed by atoms with E-state index in [0.29, 0.717) is 27.7 Å². The van der Waals surface area contributed by atoms with Gasteiger partial charge in [-0.3, -0.25) is 9.89 Å². The summed E-state index contributed by atoms with van der Waals surface area (Å²) >= 11 is 1.44. The Balaban J connectivity index is 1.50. The van der Waals surface area contributed by atoms with Crippen molar-refractivity contribution in [2.45, 2.75) is 17.3 Å². The molecule has 0 spiro atoms. The van der Waals surface area contributed by atoms with Gasteiger partial charge in [-0.1, -0.05) is 60.3 Å². The van der Waals surface area contributed by atoms with Crippen molar-refractivity contribution in [3.63, 3.8) is 0 Å². The second-order valence-electron chi connectivity index (χ2n) is 5.98. The summed E-state index contributed by atoms with van der Waals surface area (Å²) in [5.41, 5.74) is 1.64. The molecule has 0 aliphatic rings. The lowest BCUT2D eigenvalue weighted by atomic mass is 10.2. The lowest BCUT2D eigenvalue weighted by Crippen LogP contribution is -2.12. The Morgan fingerprint density at radius 2 is 1.78 bits per heavy atom. The minimum absolute atomic E-state index is 0.0935. The maximum absolute atomic E-state index is 12.2. The van der Waals surface area contributed by atoms with Crippen LogP contribution in [0.15, 0.2) is 64.5 Å². The fourth-order valence-corrected chi connectivity index (χ4v) is 3.42. The van der Waals surface area contributed by atoms with Gasteiger partial charge in [-0.05, 0) is 30.7 Å². The third-order valence-electron chi connectivity index (χ3n) is 4.01. The molecule has 4 aromatic rings. The standard InChI is InChI=1S/C20H17N5OS/c1-13(18-21-16-10-6-5-9-15(16)19(26)23-18)27-20-22-17(24-25-20)12-11-14-7-3-2-4-8-14/h2-13H,1H3,(H,21,23,26)(H,22,24,25)/b12-11+. The summed E-state index contributed by atoms with van der Waals surface area (Å²) in [4.78, 5) is 24.1. The molecule has 2 aromatic heterocycles. The molecule has 2 heterocycles. The highest BCUT2D eigenvalue weighted by molar-refractivity contribution is 7.99. The quantitative estimate of drug-likeness (QED) is 0.514. The van der Waals surface area contributed by atoms with Crippen LogP contribution in [0.5, 0.6) is 0 Å². The molecule has 1 unspecified atom stereocenters. The van der Waals surface area contributed by atoms with E-state index < -0.39 is 0 Å². The minimum atomic E-state index is -0.135. The highest BCUT2D eigenvalue weighted by Gasteiger charge is 2.14. The summed E-state index contributed by atoms with van der Waals surface area (Å²) in [6, 6.07) is 17.3. The van der Waals surface area contributed by atoms with E-state index in [2.05, 4.69) is 25.1 Å². The van der Waals surface area contributed by atoms with E-state index >= 15 is 0 Å². The number of aromatic nitrogens is 5. The number of benzene rings is 2. The Labute approximate surface area is 159 Å². The summed E-state index contributed by atoms with van der Waals surface area (Å²) in [6.45, 7) is 1.97. The fraction of sp³-hybridized carbons (Fsp3) is 0.100. The molecule has 6 nitrogen and oxygen atoms in total. The van der Waals surface area contributed by atoms with Crippen LogP contribution in [0, 0.1) is 0 Å². The first-order valence-electron chi connectivity index (χ1n) is 8.50. The number of fused-ring (bicyclic) bond motifs is 1. The first-order valence-corrected chi connectivity index (χ1v) is 9.38. The highest BCUT2D eigenvalue weighted by Crippen LogP contribution is 2.30. The summed E-state index contributed by atoms with van der Waals surface area (Å²) in [7, 11) is 0. The summed E-state index contributed by atoms with van der Waals surface area (Å²) in [5, 5.41) is 8.24. The van der Waals surface area contributed by atoms with Gasteiger partial charge in [0, 0.05) is 0 Å². The van der Waals surface area contributed by atoms with Crippen LogP contribution in [-0.4, -0.2) is 25.1 Å². The predicted molar refractivity (Wildman–Crippen MR) is 108 cm³/mol. The van der Waals surface area contributed by atoms with Gasteiger partial charge in [-0.2, -0.15) is 0 Å². The zero-order valence-corrected chi connectivity index (χ0v) is 15.4. The number of aromatic amines is 2. The van der Waals surface area contributed by atoms with Crippen molar-refractivity contribution < 1.29 is 0 Å². The molecule has 134 valence electrons. The van der Waals surface area contributed by atoms with E-state index in [4.69, 9.17) is 0 Å². The molecule has 2 aromatic carbocycles. The van der Waals surface area contributed by atoms with Gasteiger partial charge in [-0.15, -0.1) is 5.10 Å². The first kappa shape index (κ1) is 17.2. The summed E-state index contributed by atoms with van der Waals surface area (Å²) in [6.07, 6.45) is 3.86.